The van der Waals surface area contributed by atoms with Crippen molar-refractivity contribution in [1.82, 2.24) is 9.97 Å². The first-order valence-corrected chi connectivity index (χ1v) is 5.34. The fraction of sp³-hybridized carbons (Fsp3) is 0.154. The van der Waals surface area contributed by atoms with Crippen LogP contribution in [-0.4, -0.2) is 23.0 Å². The maximum Gasteiger partial charge on any atom is 0.358 e. The van der Waals surface area contributed by atoms with Crippen molar-refractivity contribution < 1.29 is 14.3 Å². The van der Waals surface area contributed by atoms with Crippen LogP contribution in [0, 0.1) is 6.92 Å². The summed E-state index contributed by atoms with van der Waals surface area (Å²) in [5.41, 5.74) is 1.24. The van der Waals surface area contributed by atoms with Gasteiger partial charge in [0.15, 0.2) is 5.69 Å². The Bertz CT molecular complexity index is 552. The number of nitrogens with zero attached hydrogens (tertiary/aromatic N) is 2. The fourth-order valence-corrected chi connectivity index (χ4v) is 1.38. The van der Waals surface area contributed by atoms with E-state index in [1.54, 1.807) is 0 Å². The van der Waals surface area contributed by atoms with Gasteiger partial charge >= 0.3 is 5.97 Å². The van der Waals surface area contributed by atoms with Crippen molar-refractivity contribution in [3.8, 4) is 11.6 Å². The summed E-state index contributed by atoms with van der Waals surface area (Å²) in [5, 5.41) is 0. The van der Waals surface area contributed by atoms with Crippen LogP contribution in [0.1, 0.15) is 16.1 Å². The molecule has 18 heavy (non-hydrogen) atoms. The molecule has 1 heterocycles. The Labute approximate surface area is 104 Å². The first-order chi connectivity index (χ1) is 8.69. The highest BCUT2D eigenvalue weighted by atomic mass is 16.5. The lowest BCUT2D eigenvalue weighted by molar-refractivity contribution is 0.0593. The fourth-order valence-electron chi connectivity index (χ4n) is 1.38. The molecule has 0 atom stereocenters. The smallest absolute Gasteiger partial charge is 0.358 e. The largest absolute Gasteiger partial charge is 0.464 e. The topological polar surface area (TPSA) is 61.3 Å². The van der Waals surface area contributed by atoms with E-state index in [1.165, 1.54) is 19.5 Å². The molecule has 1 aromatic carbocycles. The van der Waals surface area contributed by atoms with E-state index in [9.17, 15) is 4.79 Å². The number of hydrogen-bond donors (Lipinski definition) is 0. The Balaban J connectivity index is 2.13. The number of benzene rings is 1. The monoisotopic (exact) mass is 244 g/mol. The minimum atomic E-state index is -0.524. The first-order valence-electron chi connectivity index (χ1n) is 5.34. The number of rotatable bonds is 3. The van der Waals surface area contributed by atoms with Crippen molar-refractivity contribution in [1.29, 1.82) is 0 Å². The summed E-state index contributed by atoms with van der Waals surface area (Å²) in [6.45, 7) is 1.97. The summed E-state index contributed by atoms with van der Waals surface area (Å²) in [6, 6.07) is 7.57. The van der Waals surface area contributed by atoms with Crippen molar-refractivity contribution in [2.75, 3.05) is 7.11 Å². The quantitative estimate of drug-likeness (QED) is 0.775. The highest BCUT2D eigenvalue weighted by Gasteiger charge is 2.08. The molecule has 0 saturated carbocycles. The molecule has 0 fully saturated rings. The van der Waals surface area contributed by atoms with Crippen LogP contribution in [-0.2, 0) is 4.74 Å². The summed E-state index contributed by atoms with van der Waals surface area (Å²) in [5.74, 6) is 0.480. The van der Waals surface area contributed by atoms with Gasteiger partial charge < -0.3 is 9.47 Å². The van der Waals surface area contributed by atoms with E-state index in [-0.39, 0.29) is 5.69 Å². The molecule has 0 aliphatic rings. The van der Waals surface area contributed by atoms with Crippen LogP contribution in [0.4, 0.5) is 0 Å². The molecular formula is C13H12N2O3. The molecule has 0 spiro atoms. The van der Waals surface area contributed by atoms with Crippen molar-refractivity contribution in [3.05, 3.63) is 47.9 Å². The molecule has 92 valence electrons. The predicted molar refractivity (Wildman–Crippen MR) is 64.6 cm³/mol. The van der Waals surface area contributed by atoms with Crippen LogP contribution in [0.15, 0.2) is 36.7 Å². The van der Waals surface area contributed by atoms with Gasteiger partial charge in [-0.25, -0.2) is 14.8 Å². The van der Waals surface area contributed by atoms with Gasteiger partial charge in [-0.3, -0.25) is 0 Å². The summed E-state index contributed by atoms with van der Waals surface area (Å²) in [7, 11) is 1.29. The molecule has 0 unspecified atom stereocenters. The van der Waals surface area contributed by atoms with Gasteiger partial charge in [0.05, 0.1) is 19.5 Å². The van der Waals surface area contributed by atoms with E-state index in [0.29, 0.717) is 11.6 Å². The van der Waals surface area contributed by atoms with E-state index in [0.717, 1.165) is 5.56 Å². The second-order valence-electron chi connectivity index (χ2n) is 3.65. The standard InChI is InChI=1S/C13H12N2O3/c1-9-4-3-5-10(6-9)18-12-8-14-11(7-15-12)13(16)17-2/h3-8H,1-2H3. The van der Waals surface area contributed by atoms with Crippen LogP contribution in [0.5, 0.6) is 11.6 Å². The van der Waals surface area contributed by atoms with E-state index in [1.807, 2.05) is 31.2 Å². The van der Waals surface area contributed by atoms with Crippen LogP contribution in [0.25, 0.3) is 0 Å². The SMILES string of the molecule is COC(=O)c1cnc(Oc2cccc(C)c2)cn1. The summed E-state index contributed by atoms with van der Waals surface area (Å²) in [4.78, 5) is 19.1. The van der Waals surface area contributed by atoms with E-state index < -0.39 is 5.97 Å². The van der Waals surface area contributed by atoms with Gasteiger partial charge in [-0.2, -0.15) is 0 Å². The molecule has 5 heteroatoms. The van der Waals surface area contributed by atoms with Gasteiger partial charge in [0.25, 0.3) is 0 Å². The minimum absolute atomic E-state index is 0.147. The van der Waals surface area contributed by atoms with Crippen molar-refractivity contribution in [2.24, 2.45) is 0 Å². The summed E-state index contributed by atoms with van der Waals surface area (Å²) >= 11 is 0. The van der Waals surface area contributed by atoms with Gasteiger partial charge in [-0.05, 0) is 24.6 Å². The maximum atomic E-state index is 11.2. The molecular weight excluding hydrogens is 232 g/mol. The molecule has 2 rings (SSSR count). The lowest BCUT2D eigenvalue weighted by Gasteiger charge is -2.05. The Morgan fingerprint density at radius 1 is 1.22 bits per heavy atom. The molecule has 2 aromatic rings. The van der Waals surface area contributed by atoms with E-state index in [2.05, 4.69) is 14.7 Å². The highest BCUT2D eigenvalue weighted by molar-refractivity contribution is 5.86. The summed E-state index contributed by atoms with van der Waals surface area (Å²) in [6.07, 6.45) is 2.70. The molecule has 0 N–H and O–H groups in total. The molecule has 0 bridgehead atoms. The average Bonchev–Trinajstić information content (AvgIpc) is 2.39. The molecule has 0 aliphatic carbocycles. The molecule has 0 radical (unpaired) electrons. The predicted octanol–water partition coefficient (Wildman–Crippen LogP) is 2.36. The van der Waals surface area contributed by atoms with Gasteiger partial charge in [0.2, 0.25) is 5.88 Å². The maximum absolute atomic E-state index is 11.2. The van der Waals surface area contributed by atoms with Crippen molar-refractivity contribution in [2.45, 2.75) is 6.92 Å². The molecule has 0 saturated heterocycles. The van der Waals surface area contributed by atoms with Crippen molar-refractivity contribution in [3.63, 3.8) is 0 Å². The second-order valence-corrected chi connectivity index (χ2v) is 3.65. The van der Waals surface area contributed by atoms with Crippen LogP contribution < -0.4 is 4.74 Å². The lowest BCUT2D eigenvalue weighted by Crippen LogP contribution is -2.04. The number of carbonyl (C=O) groups is 1. The second kappa shape index (κ2) is 5.27. The number of hydrogen-bond acceptors (Lipinski definition) is 5. The number of aromatic nitrogens is 2. The molecule has 5 nitrogen and oxygen atoms in total. The average molecular weight is 244 g/mol. The normalized spacial score (nSPS) is 9.89. The Morgan fingerprint density at radius 2 is 2.06 bits per heavy atom. The first kappa shape index (κ1) is 12.0. The third-order valence-corrected chi connectivity index (χ3v) is 2.23. The lowest BCUT2D eigenvalue weighted by atomic mass is 10.2. The minimum Gasteiger partial charge on any atom is -0.464 e. The third-order valence-electron chi connectivity index (χ3n) is 2.23. The number of esters is 1. The zero-order valence-corrected chi connectivity index (χ0v) is 10.1. The number of ether oxygens (including phenoxy) is 2. The van der Waals surface area contributed by atoms with E-state index >= 15 is 0 Å². The van der Waals surface area contributed by atoms with Crippen molar-refractivity contribution >= 4 is 5.97 Å². The van der Waals surface area contributed by atoms with Gasteiger partial charge in [-0.15, -0.1) is 0 Å². The number of carbonyl (C=O) groups excluding carboxylic acids is 1. The zero-order chi connectivity index (χ0) is 13.0. The van der Waals surface area contributed by atoms with Gasteiger partial charge in [0.1, 0.15) is 5.75 Å². The van der Waals surface area contributed by atoms with Gasteiger partial charge in [0, 0.05) is 0 Å². The Morgan fingerprint density at radius 3 is 2.67 bits per heavy atom. The van der Waals surface area contributed by atoms with E-state index in [4.69, 9.17) is 4.74 Å². The van der Waals surface area contributed by atoms with Gasteiger partial charge in [-0.1, -0.05) is 12.1 Å². The van der Waals surface area contributed by atoms with Crippen LogP contribution in [0.2, 0.25) is 0 Å². The highest BCUT2D eigenvalue weighted by Crippen LogP contribution is 2.19. The third kappa shape index (κ3) is 2.82. The molecule has 1 aromatic heterocycles. The van der Waals surface area contributed by atoms with Crippen LogP contribution >= 0.6 is 0 Å². The zero-order valence-electron chi connectivity index (χ0n) is 10.1. The number of methoxy groups -OCH3 is 1. The molecule has 0 aliphatic heterocycles. The number of aryl methyl sites for hydroxylation is 1. The molecule has 0 amide bonds. The Hall–Kier alpha value is -2.43. The summed E-state index contributed by atoms with van der Waals surface area (Å²) < 4.78 is 10.0. The Kier molecular flexibility index (Phi) is 3.52. The van der Waals surface area contributed by atoms with Crippen LogP contribution in [0.3, 0.4) is 0 Å².